The third kappa shape index (κ3) is 21.4. The van der Waals surface area contributed by atoms with E-state index in [0.717, 1.165) is 6.42 Å². The van der Waals surface area contributed by atoms with Crippen molar-refractivity contribution < 1.29 is 51.6 Å². The van der Waals surface area contributed by atoms with E-state index in [1.165, 1.54) is 57.8 Å². The van der Waals surface area contributed by atoms with Gasteiger partial charge in [0.25, 0.3) is 10.1 Å². The minimum atomic E-state index is -4.84. The number of carboxylic acid groups (broad SMARTS) is 2. The van der Waals surface area contributed by atoms with Crippen LogP contribution in [0.3, 0.4) is 0 Å². The number of unbranched alkanes of at least 4 members (excludes halogenated alkanes) is 9. The molecule has 25 heavy (non-hydrogen) atoms. The molecule has 3 N–H and O–H groups in total. The molecule has 0 aromatic heterocycles. The van der Waals surface area contributed by atoms with Gasteiger partial charge in [-0.2, -0.15) is 14.8 Å². The Labute approximate surface area is 163 Å². The Bertz CT molecular complexity index is 428. The Morgan fingerprint density at radius 1 is 0.920 bits per heavy atom. The van der Waals surface area contributed by atoms with Gasteiger partial charge >= 0.3 is 30.8 Å². The maximum absolute atomic E-state index is 10.2. The molecule has 0 rings (SSSR count). The molecule has 0 aliphatic rings. The third-order valence-electron chi connectivity index (χ3n) is 3.35. The molecule has 0 spiro atoms. The van der Waals surface area contributed by atoms with Gasteiger partial charge in [0.2, 0.25) is 0 Å². The van der Waals surface area contributed by atoms with Gasteiger partial charge in [0.05, 0.1) is 6.42 Å². The second kappa shape index (κ2) is 18.2. The first-order chi connectivity index (χ1) is 11.2. The van der Waals surface area contributed by atoms with E-state index in [9.17, 15) is 18.0 Å². The fourth-order valence-electron chi connectivity index (χ4n) is 1.97. The molecular weight excluding hydrogens is 343 g/mol. The summed E-state index contributed by atoms with van der Waals surface area (Å²) in [5.41, 5.74) is 0. The molecule has 0 aromatic rings. The SMILES string of the molecule is O=C(O)CC(C(=O)O)S(=O)(=O)O.[CH2-]CCCCCCCCCCC.[Li+]. The zero-order valence-corrected chi connectivity index (χ0v) is 16.3. The van der Waals surface area contributed by atoms with Gasteiger partial charge in [-0.1, -0.05) is 64.7 Å². The van der Waals surface area contributed by atoms with Crippen LogP contribution >= 0.6 is 0 Å². The molecule has 0 aliphatic heterocycles. The van der Waals surface area contributed by atoms with Gasteiger partial charge < -0.3 is 17.1 Å². The molecule has 0 heterocycles. The Morgan fingerprint density at radius 3 is 1.56 bits per heavy atom. The number of hydrogen-bond acceptors (Lipinski definition) is 4. The first-order valence-corrected chi connectivity index (χ1v) is 9.87. The quantitative estimate of drug-likeness (QED) is 0.186. The average Bonchev–Trinajstić information content (AvgIpc) is 2.47. The van der Waals surface area contributed by atoms with Crippen molar-refractivity contribution in [1.82, 2.24) is 0 Å². The Kier molecular flexibility index (Phi) is 21.3. The zero-order chi connectivity index (χ0) is 19.0. The van der Waals surface area contributed by atoms with Crippen molar-refractivity contribution in [2.45, 2.75) is 82.8 Å². The summed E-state index contributed by atoms with van der Waals surface area (Å²) in [7, 11) is -4.84. The molecule has 7 nitrogen and oxygen atoms in total. The van der Waals surface area contributed by atoms with Gasteiger partial charge in [-0.3, -0.25) is 14.1 Å². The second-order valence-corrected chi connectivity index (χ2v) is 7.22. The molecule has 1 unspecified atom stereocenters. The maximum Gasteiger partial charge on any atom is 1.00 e. The molecule has 0 radical (unpaired) electrons. The summed E-state index contributed by atoms with van der Waals surface area (Å²) in [6.45, 7) is 6.12. The molecule has 0 fully saturated rings. The summed E-state index contributed by atoms with van der Waals surface area (Å²) in [6.07, 6.45) is 12.7. The molecule has 0 bridgehead atoms. The molecule has 0 amide bonds. The molecule has 1 atom stereocenters. The molecule has 0 aliphatic carbocycles. The average molecular weight is 374 g/mol. The number of carbonyl (C=O) groups is 2. The van der Waals surface area contributed by atoms with E-state index in [-0.39, 0.29) is 18.9 Å². The standard InChI is InChI=1S/C12H25.C4H6O7S.Li/c1-3-5-7-9-11-12-10-8-6-4-2;5-3(6)1-2(4(7)8)12(9,10)11;/h1,3-12H2,2H3;2H,1H2,(H,5,6)(H,7,8)(H,9,10,11);/q-1;;+1. The first kappa shape index (κ1) is 29.2. The summed E-state index contributed by atoms with van der Waals surface area (Å²) >= 11 is 0. The van der Waals surface area contributed by atoms with Gasteiger partial charge in [-0.25, -0.2) is 0 Å². The van der Waals surface area contributed by atoms with E-state index >= 15 is 0 Å². The molecule has 9 heteroatoms. The third-order valence-corrected chi connectivity index (χ3v) is 4.44. The van der Waals surface area contributed by atoms with E-state index in [1.54, 1.807) is 0 Å². The van der Waals surface area contributed by atoms with Gasteiger partial charge in [0, 0.05) is 0 Å². The van der Waals surface area contributed by atoms with Crippen LogP contribution in [-0.2, 0) is 19.7 Å². The van der Waals surface area contributed by atoms with Crippen LogP contribution in [0.25, 0.3) is 0 Å². The van der Waals surface area contributed by atoms with Crippen LogP contribution < -0.4 is 18.9 Å². The Balaban J connectivity index is -0.000000372. The van der Waals surface area contributed by atoms with Crippen molar-refractivity contribution in [3.63, 3.8) is 0 Å². The fraction of sp³-hybridized carbons (Fsp3) is 0.812. The summed E-state index contributed by atoms with van der Waals surface area (Å²) in [5, 5.41) is 13.9. The zero-order valence-electron chi connectivity index (χ0n) is 15.4. The van der Waals surface area contributed by atoms with Gasteiger partial charge in [-0.05, 0) is 0 Å². The van der Waals surface area contributed by atoms with Crippen molar-refractivity contribution >= 4 is 22.1 Å². The van der Waals surface area contributed by atoms with Crippen LogP contribution in [0.4, 0.5) is 0 Å². The second-order valence-electron chi connectivity index (χ2n) is 5.62. The molecular formula is C16H31LiO7S. The van der Waals surface area contributed by atoms with E-state index in [2.05, 4.69) is 13.8 Å². The first-order valence-electron chi connectivity index (χ1n) is 8.36. The summed E-state index contributed by atoms with van der Waals surface area (Å²) in [5.74, 6) is -3.50. The monoisotopic (exact) mass is 374 g/mol. The Hall–Kier alpha value is -0.553. The summed E-state index contributed by atoms with van der Waals surface area (Å²) in [6, 6.07) is 0. The van der Waals surface area contributed by atoms with Crippen LogP contribution in [0, 0.1) is 6.92 Å². The van der Waals surface area contributed by atoms with Crippen molar-refractivity contribution in [1.29, 1.82) is 0 Å². The van der Waals surface area contributed by atoms with Crippen LogP contribution in [0.2, 0.25) is 0 Å². The number of carboxylic acids is 2. The van der Waals surface area contributed by atoms with Crippen molar-refractivity contribution in [2.24, 2.45) is 0 Å². The molecule has 0 saturated carbocycles. The predicted molar refractivity (Wildman–Crippen MR) is 92.4 cm³/mol. The van der Waals surface area contributed by atoms with E-state index in [1.807, 2.05) is 0 Å². The topological polar surface area (TPSA) is 129 Å². The largest absolute Gasteiger partial charge is 1.00 e. The fourth-order valence-corrected chi connectivity index (χ4v) is 2.57. The summed E-state index contributed by atoms with van der Waals surface area (Å²) in [4.78, 5) is 20.0. The smallest absolute Gasteiger partial charge is 0.481 e. The normalized spacial score (nSPS) is 11.6. The molecule has 0 saturated heterocycles. The van der Waals surface area contributed by atoms with Crippen molar-refractivity contribution in [2.75, 3.05) is 0 Å². The number of aliphatic carboxylic acids is 2. The van der Waals surface area contributed by atoms with Gasteiger partial charge in [0.15, 0.2) is 5.25 Å². The van der Waals surface area contributed by atoms with Crippen molar-refractivity contribution in [3.05, 3.63) is 6.92 Å². The minimum absolute atomic E-state index is 0. The molecule has 0 aromatic carbocycles. The maximum atomic E-state index is 10.2. The minimum Gasteiger partial charge on any atom is -0.481 e. The van der Waals surface area contributed by atoms with E-state index in [4.69, 9.17) is 14.8 Å². The van der Waals surface area contributed by atoms with Crippen LogP contribution in [0.5, 0.6) is 0 Å². The summed E-state index contributed by atoms with van der Waals surface area (Å²) < 4.78 is 28.7. The van der Waals surface area contributed by atoms with E-state index < -0.39 is 33.7 Å². The number of hydrogen-bond donors (Lipinski definition) is 3. The van der Waals surface area contributed by atoms with Crippen LogP contribution in [-0.4, -0.2) is 40.4 Å². The Morgan fingerprint density at radius 2 is 1.32 bits per heavy atom. The van der Waals surface area contributed by atoms with Crippen LogP contribution in [0.15, 0.2) is 0 Å². The van der Waals surface area contributed by atoms with Crippen LogP contribution in [0.1, 0.15) is 77.6 Å². The number of rotatable bonds is 13. The van der Waals surface area contributed by atoms with E-state index in [0.29, 0.717) is 0 Å². The molecule has 144 valence electrons. The van der Waals surface area contributed by atoms with Gasteiger partial charge in [-0.15, -0.1) is 0 Å². The van der Waals surface area contributed by atoms with Crippen molar-refractivity contribution in [3.8, 4) is 0 Å². The van der Waals surface area contributed by atoms with Gasteiger partial charge in [0.1, 0.15) is 0 Å². The predicted octanol–water partition coefficient (Wildman–Crippen LogP) is 0.547.